The van der Waals surface area contributed by atoms with Crippen LogP contribution in [0.4, 0.5) is 15.0 Å². The van der Waals surface area contributed by atoms with Crippen LogP contribution in [0.2, 0.25) is 0 Å². The number of pyridine rings is 1. The quantitative estimate of drug-likeness (QED) is 0.249. The SMILES string of the molecule is CC(C)(C)OC(=O)N[C@H]1CC[C@H](CCCN2CCN(c3ncncc3Oc3ccc(F)cc3-c3cccnc3C3CC3)CC2)CC1. The fourth-order valence-corrected chi connectivity index (χ4v) is 6.72. The Morgan fingerprint density at radius 1 is 0.978 bits per heavy atom. The molecule has 0 bridgehead atoms. The fraction of sp³-hybridized carbons (Fsp3) is 0.556. The number of rotatable bonds is 10. The molecule has 0 unspecified atom stereocenters. The summed E-state index contributed by atoms with van der Waals surface area (Å²) in [5.74, 6) is 2.73. The molecule has 0 atom stereocenters. The monoisotopic (exact) mass is 630 g/mol. The summed E-state index contributed by atoms with van der Waals surface area (Å²) in [4.78, 5) is 30.4. The Morgan fingerprint density at radius 2 is 1.76 bits per heavy atom. The van der Waals surface area contributed by atoms with E-state index in [0.29, 0.717) is 23.0 Å². The van der Waals surface area contributed by atoms with Crippen molar-refractivity contribution in [2.75, 3.05) is 37.6 Å². The Hall–Kier alpha value is -3.79. The van der Waals surface area contributed by atoms with Gasteiger partial charge >= 0.3 is 6.09 Å². The number of alkyl carbamates (subject to hydrolysis) is 1. The van der Waals surface area contributed by atoms with Crippen LogP contribution in [0.15, 0.2) is 49.1 Å². The largest absolute Gasteiger partial charge is 0.451 e. The molecule has 2 saturated carbocycles. The van der Waals surface area contributed by atoms with Gasteiger partial charge in [-0.05, 0) is 109 Å². The number of halogens is 1. The highest BCUT2D eigenvalue weighted by atomic mass is 19.1. The Balaban J connectivity index is 0.993. The first-order valence-electron chi connectivity index (χ1n) is 16.9. The summed E-state index contributed by atoms with van der Waals surface area (Å²) in [7, 11) is 0. The van der Waals surface area contributed by atoms with Gasteiger partial charge in [-0.15, -0.1) is 0 Å². The maximum Gasteiger partial charge on any atom is 0.407 e. The molecule has 3 heterocycles. The number of benzene rings is 1. The highest BCUT2D eigenvalue weighted by Gasteiger charge is 2.29. The number of hydrogen-bond acceptors (Lipinski definition) is 8. The predicted octanol–water partition coefficient (Wildman–Crippen LogP) is 7.33. The van der Waals surface area contributed by atoms with E-state index in [4.69, 9.17) is 9.47 Å². The van der Waals surface area contributed by atoms with Gasteiger partial charge in [0, 0.05) is 55.5 Å². The van der Waals surface area contributed by atoms with Crippen LogP contribution in [-0.4, -0.2) is 70.3 Å². The molecule has 9 nitrogen and oxygen atoms in total. The summed E-state index contributed by atoms with van der Waals surface area (Å²) in [6.07, 6.45) is 13.7. The van der Waals surface area contributed by atoms with Crippen molar-refractivity contribution < 1.29 is 18.7 Å². The lowest BCUT2D eigenvalue weighted by Crippen LogP contribution is -2.47. The molecule has 1 saturated heterocycles. The number of aromatic nitrogens is 3. The molecule has 10 heteroatoms. The van der Waals surface area contributed by atoms with Crippen LogP contribution in [0.5, 0.6) is 11.5 Å². The van der Waals surface area contributed by atoms with Crippen molar-refractivity contribution in [3.63, 3.8) is 0 Å². The van der Waals surface area contributed by atoms with Gasteiger partial charge in [-0.3, -0.25) is 9.88 Å². The lowest BCUT2D eigenvalue weighted by atomic mass is 9.83. The molecule has 3 aliphatic rings. The molecule has 1 N–H and O–H groups in total. The van der Waals surface area contributed by atoms with Gasteiger partial charge < -0.3 is 19.7 Å². The molecule has 0 radical (unpaired) electrons. The average molecular weight is 631 g/mol. The van der Waals surface area contributed by atoms with E-state index in [2.05, 4.69) is 30.1 Å². The Kier molecular flexibility index (Phi) is 10.0. The van der Waals surface area contributed by atoms with Gasteiger partial charge in [0.15, 0.2) is 11.6 Å². The van der Waals surface area contributed by atoms with Crippen molar-refractivity contribution in [1.82, 2.24) is 25.2 Å². The van der Waals surface area contributed by atoms with E-state index >= 15 is 0 Å². The van der Waals surface area contributed by atoms with Crippen molar-refractivity contribution in [3.8, 4) is 22.6 Å². The van der Waals surface area contributed by atoms with E-state index < -0.39 is 5.60 Å². The molecule has 246 valence electrons. The summed E-state index contributed by atoms with van der Waals surface area (Å²) in [6.45, 7) is 10.4. The number of hydrogen-bond donors (Lipinski definition) is 1. The molecule has 2 aromatic heterocycles. The minimum absolute atomic E-state index is 0.222. The van der Waals surface area contributed by atoms with Crippen LogP contribution in [0, 0.1) is 11.7 Å². The normalized spacial score (nSPS) is 20.7. The molecule has 6 rings (SSSR count). The standard InChI is InChI=1S/C36H47FN6O3/c1-36(2,3)46-35(44)41-28-13-8-25(9-14-28)6-5-17-42-18-20-43(21-19-42)34-32(23-38-24-40-34)45-31-15-12-27(37)22-30(31)29-7-4-16-39-33(29)26-10-11-26/h4,7,12,15-16,22-26,28H,5-6,8-11,13-14,17-21H2,1-3H3,(H,41,44)/t25-,28-. The number of nitrogens with one attached hydrogen (secondary N) is 1. The fourth-order valence-electron chi connectivity index (χ4n) is 6.72. The van der Waals surface area contributed by atoms with Crippen molar-refractivity contribution in [1.29, 1.82) is 0 Å². The van der Waals surface area contributed by atoms with E-state index in [-0.39, 0.29) is 18.0 Å². The van der Waals surface area contributed by atoms with E-state index in [1.54, 1.807) is 24.8 Å². The Morgan fingerprint density at radius 3 is 2.50 bits per heavy atom. The van der Waals surface area contributed by atoms with Gasteiger partial charge in [0.25, 0.3) is 0 Å². The second-order valence-electron chi connectivity index (χ2n) is 14.0. The summed E-state index contributed by atoms with van der Waals surface area (Å²) in [5.41, 5.74) is 2.15. The molecule has 3 fully saturated rings. The number of carbonyl (C=O) groups excluding carboxylic acids is 1. The molecule has 2 aliphatic carbocycles. The molecule has 1 aliphatic heterocycles. The van der Waals surface area contributed by atoms with Crippen molar-refractivity contribution >= 4 is 11.9 Å². The summed E-state index contributed by atoms with van der Waals surface area (Å²) < 4.78 is 26.4. The van der Waals surface area contributed by atoms with E-state index in [1.165, 1.54) is 25.0 Å². The number of piperazine rings is 1. The zero-order valence-electron chi connectivity index (χ0n) is 27.4. The Labute approximate surface area is 271 Å². The van der Waals surface area contributed by atoms with Crippen molar-refractivity contribution in [3.05, 3.63) is 60.6 Å². The smallest absolute Gasteiger partial charge is 0.407 e. The van der Waals surface area contributed by atoms with Gasteiger partial charge in [0.05, 0.1) is 11.9 Å². The first kappa shape index (κ1) is 32.2. The molecule has 3 aromatic rings. The number of amides is 1. The Bertz CT molecular complexity index is 1480. The molecular weight excluding hydrogens is 583 g/mol. The molecule has 1 aromatic carbocycles. The number of anilines is 1. The van der Waals surface area contributed by atoms with Crippen LogP contribution in [0.3, 0.4) is 0 Å². The third kappa shape index (κ3) is 8.51. The lowest BCUT2D eigenvalue weighted by Gasteiger charge is -2.36. The lowest BCUT2D eigenvalue weighted by molar-refractivity contribution is 0.0486. The molecule has 0 spiro atoms. The van der Waals surface area contributed by atoms with E-state index in [0.717, 1.165) is 94.2 Å². The number of ether oxygens (including phenoxy) is 2. The maximum absolute atomic E-state index is 14.5. The zero-order chi connectivity index (χ0) is 32.1. The van der Waals surface area contributed by atoms with Crippen LogP contribution >= 0.6 is 0 Å². The second kappa shape index (κ2) is 14.3. The highest BCUT2D eigenvalue weighted by Crippen LogP contribution is 2.46. The van der Waals surface area contributed by atoms with Gasteiger partial charge in [-0.1, -0.05) is 6.07 Å². The van der Waals surface area contributed by atoms with E-state index in [1.807, 2.05) is 32.9 Å². The minimum atomic E-state index is -0.466. The molecular formula is C36H47FN6O3. The van der Waals surface area contributed by atoms with Gasteiger partial charge in [-0.25, -0.2) is 19.2 Å². The predicted molar refractivity (Wildman–Crippen MR) is 177 cm³/mol. The summed E-state index contributed by atoms with van der Waals surface area (Å²) in [6, 6.07) is 8.77. The first-order chi connectivity index (χ1) is 22.2. The average Bonchev–Trinajstić information content (AvgIpc) is 3.88. The van der Waals surface area contributed by atoms with Crippen LogP contribution in [0.1, 0.15) is 83.7 Å². The molecule has 1 amide bonds. The van der Waals surface area contributed by atoms with Crippen LogP contribution < -0.4 is 15.0 Å². The third-order valence-electron chi connectivity index (χ3n) is 9.24. The number of carbonyl (C=O) groups is 1. The first-order valence-corrected chi connectivity index (χ1v) is 16.9. The van der Waals surface area contributed by atoms with Crippen LogP contribution in [0.25, 0.3) is 11.1 Å². The highest BCUT2D eigenvalue weighted by molar-refractivity contribution is 5.74. The topological polar surface area (TPSA) is 92.7 Å². The van der Waals surface area contributed by atoms with Gasteiger partial charge in [-0.2, -0.15) is 0 Å². The maximum atomic E-state index is 14.5. The van der Waals surface area contributed by atoms with Crippen molar-refractivity contribution in [2.24, 2.45) is 5.92 Å². The van der Waals surface area contributed by atoms with Gasteiger partial charge in [0.2, 0.25) is 0 Å². The van der Waals surface area contributed by atoms with Crippen LogP contribution in [-0.2, 0) is 4.74 Å². The molecule has 46 heavy (non-hydrogen) atoms. The van der Waals surface area contributed by atoms with E-state index in [9.17, 15) is 9.18 Å². The second-order valence-corrected chi connectivity index (χ2v) is 14.0. The summed E-state index contributed by atoms with van der Waals surface area (Å²) in [5, 5.41) is 3.05. The zero-order valence-corrected chi connectivity index (χ0v) is 27.4. The third-order valence-corrected chi connectivity index (χ3v) is 9.24. The minimum Gasteiger partial charge on any atom is -0.451 e. The number of nitrogens with zero attached hydrogens (tertiary/aromatic N) is 5. The van der Waals surface area contributed by atoms with Gasteiger partial charge in [0.1, 0.15) is 23.5 Å². The summed E-state index contributed by atoms with van der Waals surface area (Å²) >= 11 is 0. The van der Waals surface area contributed by atoms with Crippen molar-refractivity contribution in [2.45, 2.75) is 89.7 Å².